The van der Waals surface area contributed by atoms with Gasteiger partial charge in [-0.3, -0.25) is 0 Å². The van der Waals surface area contributed by atoms with Gasteiger partial charge in [0.15, 0.2) is 0 Å². The molecular formula is C11H7BrClNO3S. The summed E-state index contributed by atoms with van der Waals surface area (Å²) < 4.78 is 6.34. The quantitative estimate of drug-likeness (QED) is 0.912. The highest BCUT2D eigenvalue weighted by atomic mass is 79.9. The molecule has 2 rings (SSSR count). The maximum absolute atomic E-state index is 10.7. The minimum atomic E-state index is -1.04. The number of aromatic carboxylic acids is 1. The lowest BCUT2D eigenvalue weighted by molar-refractivity contribution is 0.0696. The topological polar surface area (TPSA) is 59.4 Å². The Morgan fingerprint density at radius 2 is 2.33 bits per heavy atom. The smallest absolute Gasteiger partial charge is 0.365 e. The van der Waals surface area contributed by atoms with Gasteiger partial charge in [-0.15, -0.1) is 11.3 Å². The molecule has 2 aromatic rings. The second-order valence-corrected chi connectivity index (χ2v) is 5.49. The molecule has 0 fully saturated rings. The Balaban J connectivity index is 2.06. The fourth-order valence-corrected chi connectivity index (χ4v) is 2.36. The van der Waals surface area contributed by atoms with Crippen LogP contribution < -0.4 is 4.74 Å². The van der Waals surface area contributed by atoms with Gasteiger partial charge in [0.1, 0.15) is 12.4 Å². The summed E-state index contributed by atoms with van der Waals surface area (Å²) >= 11 is 10.3. The SMILES string of the molecule is O=C(O)c1nc(COc2cc(Br)ccc2Cl)cs1. The molecule has 0 saturated carbocycles. The molecule has 18 heavy (non-hydrogen) atoms. The first-order valence-electron chi connectivity index (χ1n) is 4.82. The van der Waals surface area contributed by atoms with E-state index in [1.54, 1.807) is 23.6 Å². The predicted octanol–water partition coefficient (Wildman–Crippen LogP) is 3.84. The lowest BCUT2D eigenvalue weighted by Crippen LogP contribution is -1.99. The summed E-state index contributed by atoms with van der Waals surface area (Å²) in [6, 6.07) is 5.26. The van der Waals surface area contributed by atoms with Gasteiger partial charge >= 0.3 is 5.97 Å². The normalized spacial score (nSPS) is 10.3. The van der Waals surface area contributed by atoms with E-state index in [0.29, 0.717) is 16.5 Å². The first-order chi connectivity index (χ1) is 8.56. The van der Waals surface area contributed by atoms with Crippen molar-refractivity contribution in [1.82, 2.24) is 4.98 Å². The van der Waals surface area contributed by atoms with Crippen molar-refractivity contribution in [3.63, 3.8) is 0 Å². The average molecular weight is 349 g/mol. The molecular weight excluding hydrogens is 342 g/mol. The van der Waals surface area contributed by atoms with Crippen LogP contribution in [0.1, 0.15) is 15.5 Å². The number of carboxylic acids is 1. The molecule has 0 spiro atoms. The first-order valence-corrected chi connectivity index (χ1v) is 6.87. The molecule has 4 nitrogen and oxygen atoms in total. The number of nitrogens with zero attached hydrogens (tertiary/aromatic N) is 1. The van der Waals surface area contributed by atoms with E-state index in [4.69, 9.17) is 21.4 Å². The number of benzene rings is 1. The summed E-state index contributed by atoms with van der Waals surface area (Å²) in [7, 11) is 0. The van der Waals surface area contributed by atoms with Crippen LogP contribution in [0.3, 0.4) is 0 Å². The standard InChI is InChI=1S/C11H7BrClNO3S/c12-6-1-2-8(13)9(3-6)17-4-7-5-18-10(14-7)11(15)16/h1-3,5H,4H2,(H,15,16). The average Bonchev–Trinajstić information content (AvgIpc) is 2.79. The molecule has 94 valence electrons. The van der Waals surface area contributed by atoms with Crippen molar-refractivity contribution in [3.8, 4) is 5.75 Å². The van der Waals surface area contributed by atoms with E-state index >= 15 is 0 Å². The molecule has 0 unspecified atom stereocenters. The minimum Gasteiger partial charge on any atom is -0.486 e. The zero-order valence-electron chi connectivity index (χ0n) is 8.89. The van der Waals surface area contributed by atoms with E-state index in [1.165, 1.54) is 0 Å². The van der Waals surface area contributed by atoms with Crippen molar-refractivity contribution >= 4 is 44.8 Å². The van der Waals surface area contributed by atoms with Gasteiger partial charge in [0.2, 0.25) is 5.01 Å². The van der Waals surface area contributed by atoms with Crippen molar-refractivity contribution < 1.29 is 14.6 Å². The molecule has 1 aromatic heterocycles. The van der Waals surface area contributed by atoms with Gasteiger partial charge in [-0.25, -0.2) is 9.78 Å². The maximum Gasteiger partial charge on any atom is 0.365 e. The Kier molecular flexibility index (Phi) is 4.21. The van der Waals surface area contributed by atoms with Gasteiger partial charge < -0.3 is 9.84 Å². The zero-order valence-corrected chi connectivity index (χ0v) is 12.1. The van der Waals surface area contributed by atoms with E-state index in [-0.39, 0.29) is 11.6 Å². The Labute approximate surface area is 120 Å². The fraction of sp³-hybridized carbons (Fsp3) is 0.0909. The summed E-state index contributed by atoms with van der Waals surface area (Å²) in [6.45, 7) is 0.181. The number of hydrogen-bond acceptors (Lipinski definition) is 4. The van der Waals surface area contributed by atoms with Gasteiger partial charge in [0.05, 0.1) is 10.7 Å². The third kappa shape index (κ3) is 3.22. The van der Waals surface area contributed by atoms with Crippen molar-refractivity contribution in [2.24, 2.45) is 0 Å². The Hall–Kier alpha value is -1.11. The molecule has 0 saturated heterocycles. The van der Waals surface area contributed by atoms with Crippen LogP contribution >= 0.6 is 38.9 Å². The van der Waals surface area contributed by atoms with Gasteiger partial charge in [-0.1, -0.05) is 27.5 Å². The van der Waals surface area contributed by atoms with Crippen LogP contribution in [0.5, 0.6) is 5.75 Å². The van der Waals surface area contributed by atoms with Crippen LogP contribution in [-0.4, -0.2) is 16.1 Å². The zero-order chi connectivity index (χ0) is 13.1. The summed E-state index contributed by atoms with van der Waals surface area (Å²) in [6.07, 6.45) is 0. The molecule has 7 heteroatoms. The monoisotopic (exact) mass is 347 g/mol. The van der Waals surface area contributed by atoms with Crippen molar-refractivity contribution in [3.05, 3.63) is 43.8 Å². The number of halogens is 2. The number of aromatic nitrogens is 1. The molecule has 1 heterocycles. The fourth-order valence-electron chi connectivity index (χ4n) is 1.21. The number of ether oxygens (including phenoxy) is 1. The maximum atomic E-state index is 10.7. The third-order valence-corrected chi connectivity index (χ3v) is 3.69. The van der Waals surface area contributed by atoms with Crippen LogP contribution in [0.25, 0.3) is 0 Å². The summed E-state index contributed by atoms with van der Waals surface area (Å²) in [4.78, 5) is 14.6. The van der Waals surface area contributed by atoms with E-state index < -0.39 is 5.97 Å². The van der Waals surface area contributed by atoms with Crippen molar-refractivity contribution in [1.29, 1.82) is 0 Å². The summed E-state index contributed by atoms with van der Waals surface area (Å²) in [5, 5.41) is 10.9. The molecule has 0 aliphatic rings. The Morgan fingerprint density at radius 3 is 3.00 bits per heavy atom. The van der Waals surface area contributed by atoms with Crippen LogP contribution in [0.2, 0.25) is 5.02 Å². The number of hydrogen-bond donors (Lipinski definition) is 1. The van der Waals surface area contributed by atoms with E-state index in [0.717, 1.165) is 15.8 Å². The van der Waals surface area contributed by atoms with E-state index in [9.17, 15) is 4.79 Å². The first kappa shape index (κ1) is 13.3. The second-order valence-electron chi connectivity index (χ2n) is 3.31. The Morgan fingerprint density at radius 1 is 1.56 bits per heavy atom. The van der Waals surface area contributed by atoms with Crippen molar-refractivity contribution in [2.45, 2.75) is 6.61 Å². The summed E-state index contributed by atoms with van der Waals surface area (Å²) in [5.41, 5.74) is 0.563. The molecule has 1 aromatic carbocycles. The highest BCUT2D eigenvalue weighted by molar-refractivity contribution is 9.10. The summed E-state index contributed by atoms with van der Waals surface area (Å²) in [5.74, 6) is -0.511. The number of thiazole rings is 1. The van der Waals surface area contributed by atoms with E-state index in [1.807, 2.05) is 0 Å². The van der Waals surface area contributed by atoms with Gasteiger partial charge in [0.25, 0.3) is 0 Å². The van der Waals surface area contributed by atoms with E-state index in [2.05, 4.69) is 20.9 Å². The minimum absolute atomic E-state index is 0.0499. The lowest BCUT2D eigenvalue weighted by Gasteiger charge is -2.06. The predicted molar refractivity (Wildman–Crippen MR) is 72.6 cm³/mol. The van der Waals surface area contributed by atoms with Crippen molar-refractivity contribution in [2.75, 3.05) is 0 Å². The van der Waals surface area contributed by atoms with Crippen LogP contribution in [0, 0.1) is 0 Å². The molecule has 0 atom stereocenters. The molecule has 0 amide bonds. The van der Waals surface area contributed by atoms with Crippen LogP contribution in [-0.2, 0) is 6.61 Å². The molecule has 1 N–H and O–H groups in total. The second kappa shape index (κ2) is 5.69. The van der Waals surface area contributed by atoms with Gasteiger partial charge in [0, 0.05) is 9.85 Å². The van der Waals surface area contributed by atoms with Gasteiger partial charge in [-0.2, -0.15) is 0 Å². The third-order valence-electron chi connectivity index (χ3n) is 2.00. The molecule has 0 aliphatic carbocycles. The largest absolute Gasteiger partial charge is 0.486 e. The lowest BCUT2D eigenvalue weighted by atomic mass is 10.3. The number of carboxylic acid groups (broad SMARTS) is 1. The highest BCUT2D eigenvalue weighted by Gasteiger charge is 2.10. The number of rotatable bonds is 4. The molecule has 0 bridgehead atoms. The Bertz CT molecular complexity index is 587. The highest BCUT2D eigenvalue weighted by Crippen LogP contribution is 2.28. The van der Waals surface area contributed by atoms with Crippen LogP contribution in [0.15, 0.2) is 28.1 Å². The van der Waals surface area contributed by atoms with Crippen LogP contribution in [0.4, 0.5) is 0 Å². The number of carbonyl (C=O) groups is 1. The molecule has 0 radical (unpaired) electrons. The molecule has 0 aliphatic heterocycles. The van der Waals surface area contributed by atoms with Gasteiger partial charge in [-0.05, 0) is 18.2 Å².